The molecule has 0 spiro atoms. The van der Waals surface area contributed by atoms with Crippen LogP contribution in [-0.4, -0.2) is 17.0 Å². The zero-order valence-electron chi connectivity index (χ0n) is 9.25. The van der Waals surface area contributed by atoms with Gasteiger partial charge < -0.3 is 10.4 Å². The summed E-state index contributed by atoms with van der Waals surface area (Å²) in [6, 6.07) is 3.13. The first-order valence-electron chi connectivity index (χ1n) is 4.86. The molecule has 2 N–H and O–H groups in total. The highest BCUT2D eigenvalue weighted by Gasteiger charge is 2.17. The lowest BCUT2D eigenvalue weighted by Crippen LogP contribution is -2.20. The Hall–Kier alpha value is -0.880. The van der Waals surface area contributed by atoms with Gasteiger partial charge in [0.2, 0.25) is 5.91 Å². The number of hydrogen-bond donors (Lipinski definition) is 2. The third-order valence-electron chi connectivity index (χ3n) is 2.06. The third-order valence-corrected chi connectivity index (χ3v) is 3.14. The van der Waals surface area contributed by atoms with Gasteiger partial charge in [0.1, 0.15) is 0 Å². The van der Waals surface area contributed by atoms with Crippen molar-refractivity contribution >= 4 is 49.4 Å². The van der Waals surface area contributed by atoms with Crippen LogP contribution in [0.2, 0.25) is 0 Å². The van der Waals surface area contributed by atoms with E-state index >= 15 is 0 Å². The second-order valence-electron chi connectivity index (χ2n) is 3.76. The molecule has 0 unspecified atom stereocenters. The summed E-state index contributed by atoms with van der Waals surface area (Å²) >= 11 is 6.44. The van der Waals surface area contributed by atoms with E-state index in [0.717, 1.165) is 0 Å². The topological polar surface area (TPSA) is 66.4 Å². The summed E-state index contributed by atoms with van der Waals surface area (Å²) in [7, 11) is 0. The number of hydrogen-bond acceptors (Lipinski definition) is 2. The second kappa shape index (κ2) is 5.64. The van der Waals surface area contributed by atoms with E-state index in [2.05, 4.69) is 37.2 Å². The Labute approximate surface area is 116 Å². The normalized spacial score (nSPS) is 10.4. The number of amides is 1. The van der Waals surface area contributed by atoms with E-state index in [4.69, 9.17) is 5.11 Å². The van der Waals surface area contributed by atoms with Crippen molar-refractivity contribution in [2.75, 3.05) is 5.32 Å². The molecule has 0 saturated heterocycles. The molecule has 0 bridgehead atoms. The number of carboxylic acids is 1. The Morgan fingerprint density at radius 3 is 2.35 bits per heavy atom. The summed E-state index contributed by atoms with van der Waals surface area (Å²) < 4.78 is 1.16. The van der Waals surface area contributed by atoms with Crippen molar-refractivity contribution in [3.63, 3.8) is 0 Å². The van der Waals surface area contributed by atoms with Gasteiger partial charge in [-0.1, -0.05) is 29.8 Å². The first-order valence-corrected chi connectivity index (χ1v) is 6.44. The molecule has 1 amide bonds. The van der Waals surface area contributed by atoms with Gasteiger partial charge in [0, 0.05) is 14.9 Å². The number of rotatable bonds is 3. The molecule has 0 aliphatic heterocycles. The van der Waals surface area contributed by atoms with E-state index in [-0.39, 0.29) is 23.1 Å². The molecule has 0 radical (unpaired) electrons. The minimum Gasteiger partial charge on any atom is -0.478 e. The maximum Gasteiger partial charge on any atom is 0.337 e. The van der Waals surface area contributed by atoms with Crippen molar-refractivity contribution in [2.24, 2.45) is 5.92 Å². The number of carbonyl (C=O) groups is 2. The SMILES string of the molecule is CC(C)C(=O)Nc1c(Br)cc(Br)cc1C(=O)O. The fourth-order valence-corrected chi connectivity index (χ4v) is 2.46. The summed E-state index contributed by atoms with van der Waals surface area (Å²) in [5.74, 6) is -1.53. The zero-order chi connectivity index (χ0) is 13.2. The van der Waals surface area contributed by atoms with Crippen molar-refractivity contribution in [1.82, 2.24) is 0 Å². The summed E-state index contributed by atoms with van der Waals surface area (Å²) in [6.07, 6.45) is 0. The molecule has 17 heavy (non-hydrogen) atoms. The Morgan fingerprint density at radius 2 is 1.88 bits per heavy atom. The predicted molar refractivity (Wildman–Crippen MR) is 72.3 cm³/mol. The smallest absolute Gasteiger partial charge is 0.337 e. The quantitative estimate of drug-likeness (QED) is 0.862. The molecule has 4 nitrogen and oxygen atoms in total. The summed E-state index contributed by atoms with van der Waals surface area (Å²) in [5.41, 5.74) is 0.319. The fraction of sp³-hybridized carbons (Fsp3) is 0.273. The highest BCUT2D eigenvalue weighted by molar-refractivity contribution is 9.11. The van der Waals surface area contributed by atoms with Crippen molar-refractivity contribution in [2.45, 2.75) is 13.8 Å². The average Bonchev–Trinajstić information content (AvgIpc) is 2.20. The molecule has 1 rings (SSSR count). The van der Waals surface area contributed by atoms with E-state index < -0.39 is 5.97 Å². The monoisotopic (exact) mass is 363 g/mol. The van der Waals surface area contributed by atoms with Crippen LogP contribution in [0.15, 0.2) is 21.1 Å². The number of benzene rings is 1. The number of nitrogens with one attached hydrogen (secondary N) is 1. The maximum absolute atomic E-state index is 11.6. The molecule has 0 aliphatic carbocycles. The van der Waals surface area contributed by atoms with Crippen molar-refractivity contribution < 1.29 is 14.7 Å². The average molecular weight is 365 g/mol. The Morgan fingerprint density at radius 1 is 1.29 bits per heavy atom. The van der Waals surface area contributed by atoms with Crippen molar-refractivity contribution in [3.8, 4) is 0 Å². The van der Waals surface area contributed by atoms with Gasteiger partial charge >= 0.3 is 5.97 Å². The highest BCUT2D eigenvalue weighted by Crippen LogP contribution is 2.31. The number of halogens is 2. The summed E-state index contributed by atoms with van der Waals surface area (Å²) in [4.78, 5) is 22.7. The molecular weight excluding hydrogens is 354 g/mol. The Balaban J connectivity index is 3.22. The number of carboxylic acid groups (broad SMARTS) is 1. The third kappa shape index (κ3) is 3.54. The van der Waals surface area contributed by atoms with Gasteiger partial charge in [-0.3, -0.25) is 4.79 Å². The molecule has 0 heterocycles. The maximum atomic E-state index is 11.6. The largest absolute Gasteiger partial charge is 0.478 e. The Kier molecular flexibility index (Phi) is 4.70. The van der Waals surface area contributed by atoms with Gasteiger partial charge in [-0.2, -0.15) is 0 Å². The summed E-state index contributed by atoms with van der Waals surface area (Å²) in [5, 5.41) is 11.7. The van der Waals surface area contributed by atoms with Crippen LogP contribution in [-0.2, 0) is 4.79 Å². The van der Waals surface area contributed by atoms with Crippen LogP contribution in [0.3, 0.4) is 0 Å². The van der Waals surface area contributed by atoms with E-state index in [9.17, 15) is 9.59 Å². The molecule has 0 fully saturated rings. The van der Waals surface area contributed by atoms with E-state index in [0.29, 0.717) is 8.95 Å². The molecule has 1 aromatic rings. The molecule has 0 aromatic heterocycles. The van der Waals surface area contributed by atoms with E-state index in [1.54, 1.807) is 19.9 Å². The van der Waals surface area contributed by atoms with Gasteiger partial charge in [-0.05, 0) is 28.1 Å². The van der Waals surface area contributed by atoms with E-state index in [1.807, 2.05) is 0 Å². The first-order chi connectivity index (χ1) is 7.82. The summed E-state index contributed by atoms with van der Waals surface area (Å²) in [6.45, 7) is 3.48. The van der Waals surface area contributed by atoms with Crippen LogP contribution in [0.4, 0.5) is 5.69 Å². The van der Waals surface area contributed by atoms with Gasteiger partial charge in [-0.25, -0.2) is 4.79 Å². The minimum atomic E-state index is -1.09. The number of carbonyl (C=O) groups excluding carboxylic acids is 1. The van der Waals surface area contributed by atoms with E-state index in [1.165, 1.54) is 6.07 Å². The van der Waals surface area contributed by atoms with Gasteiger partial charge in [0.25, 0.3) is 0 Å². The van der Waals surface area contributed by atoms with Crippen molar-refractivity contribution in [3.05, 3.63) is 26.6 Å². The number of anilines is 1. The lowest BCUT2D eigenvalue weighted by Gasteiger charge is -2.12. The van der Waals surface area contributed by atoms with Crippen molar-refractivity contribution in [1.29, 1.82) is 0 Å². The standard InChI is InChI=1S/C11H11Br2NO3/c1-5(2)10(15)14-9-7(11(16)17)3-6(12)4-8(9)13/h3-5H,1-2H3,(H,14,15)(H,16,17). The molecular formula is C11H11Br2NO3. The molecule has 92 valence electrons. The predicted octanol–water partition coefficient (Wildman–Crippen LogP) is 3.50. The van der Waals surface area contributed by atoms with Crippen LogP contribution in [0, 0.1) is 5.92 Å². The van der Waals surface area contributed by atoms with Crippen LogP contribution in [0.1, 0.15) is 24.2 Å². The van der Waals surface area contributed by atoms with Crippen LogP contribution < -0.4 is 5.32 Å². The molecule has 0 atom stereocenters. The fourth-order valence-electron chi connectivity index (χ4n) is 1.14. The molecule has 0 aliphatic rings. The Bertz CT molecular complexity index is 472. The number of aromatic carboxylic acids is 1. The lowest BCUT2D eigenvalue weighted by atomic mass is 10.1. The van der Waals surface area contributed by atoms with Crippen LogP contribution in [0.25, 0.3) is 0 Å². The molecule has 0 saturated carbocycles. The molecule has 6 heteroatoms. The molecule has 1 aromatic carbocycles. The van der Waals surface area contributed by atoms with Crippen LogP contribution >= 0.6 is 31.9 Å². The first kappa shape index (κ1) is 14.2. The van der Waals surface area contributed by atoms with Gasteiger partial charge in [0.05, 0.1) is 11.3 Å². The minimum absolute atomic E-state index is 0.0419. The van der Waals surface area contributed by atoms with Crippen LogP contribution in [0.5, 0.6) is 0 Å². The van der Waals surface area contributed by atoms with Gasteiger partial charge in [0.15, 0.2) is 0 Å². The lowest BCUT2D eigenvalue weighted by molar-refractivity contribution is -0.118. The highest BCUT2D eigenvalue weighted by atomic mass is 79.9. The zero-order valence-corrected chi connectivity index (χ0v) is 12.4. The van der Waals surface area contributed by atoms with Gasteiger partial charge in [-0.15, -0.1) is 0 Å². The second-order valence-corrected chi connectivity index (χ2v) is 5.53.